The zero-order chi connectivity index (χ0) is 18.9. The Balaban J connectivity index is 1.65. The van der Waals surface area contributed by atoms with Gasteiger partial charge in [-0.1, -0.05) is 11.8 Å². The van der Waals surface area contributed by atoms with Gasteiger partial charge in [0.1, 0.15) is 0 Å². The summed E-state index contributed by atoms with van der Waals surface area (Å²) < 4.78 is 39.1. The summed E-state index contributed by atoms with van der Waals surface area (Å²) in [6.07, 6.45) is -4.42. The minimum Gasteiger partial charge on any atom is -0.325 e. The van der Waals surface area contributed by atoms with Crippen LogP contribution in [0.1, 0.15) is 11.3 Å². The van der Waals surface area contributed by atoms with E-state index in [1.807, 2.05) is 0 Å². The first-order valence-electron chi connectivity index (χ1n) is 7.29. The van der Waals surface area contributed by atoms with Crippen molar-refractivity contribution in [3.05, 3.63) is 51.9 Å². The number of aromatic nitrogens is 4. The van der Waals surface area contributed by atoms with Gasteiger partial charge in [0.25, 0.3) is 5.56 Å². The van der Waals surface area contributed by atoms with Crippen LogP contribution in [0.3, 0.4) is 0 Å². The molecule has 0 saturated carbocycles. The number of aryl methyl sites for hydroxylation is 1. The van der Waals surface area contributed by atoms with Gasteiger partial charge in [-0.15, -0.1) is 10.2 Å². The molecule has 0 bridgehead atoms. The van der Waals surface area contributed by atoms with Crippen LogP contribution >= 0.6 is 11.8 Å². The number of anilines is 1. The lowest BCUT2D eigenvalue weighted by molar-refractivity contribution is -0.137. The molecule has 11 heteroatoms. The summed E-state index contributed by atoms with van der Waals surface area (Å²) >= 11 is 1.09. The molecule has 0 spiro atoms. The molecule has 0 fully saturated rings. The van der Waals surface area contributed by atoms with Crippen molar-refractivity contribution in [2.75, 3.05) is 11.1 Å². The summed E-state index contributed by atoms with van der Waals surface area (Å²) in [4.78, 5) is 25.9. The summed E-state index contributed by atoms with van der Waals surface area (Å²) in [5.41, 5.74) is -0.224. The fraction of sp³-hybridized carbons (Fsp3) is 0.200. The molecule has 0 saturated heterocycles. The van der Waals surface area contributed by atoms with E-state index in [0.717, 1.165) is 23.9 Å². The van der Waals surface area contributed by atoms with Crippen LogP contribution in [0.15, 0.2) is 40.3 Å². The number of nitrogens with one attached hydrogen (secondary N) is 2. The first-order chi connectivity index (χ1) is 12.2. The zero-order valence-corrected chi connectivity index (χ0v) is 14.1. The van der Waals surface area contributed by atoms with Crippen LogP contribution in [0.2, 0.25) is 0 Å². The van der Waals surface area contributed by atoms with E-state index >= 15 is 0 Å². The van der Waals surface area contributed by atoms with Crippen molar-refractivity contribution in [2.45, 2.75) is 18.3 Å². The lowest BCUT2D eigenvalue weighted by Gasteiger charge is -2.08. The van der Waals surface area contributed by atoms with Crippen LogP contribution in [0.25, 0.3) is 5.78 Å². The molecule has 1 amide bonds. The van der Waals surface area contributed by atoms with Crippen LogP contribution in [0, 0.1) is 6.92 Å². The quantitative estimate of drug-likeness (QED) is 0.676. The molecular formula is C15H12F3N5O2S. The Labute approximate surface area is 148 Å². The lowest BCUT2D eigenvalue weighted by atomic mass is 10.2. The summed E-state index contributed by atoms with van der Waals surface area (Å²) in [6.45, 7) is 1.71. The molecule has 2 heterocycles. The summed E-state index contributed by atoms with van der Waals surface area (Å²) in [5, 5.41) is 10.7. The minimum absolute atomic E-state index is 0.0274. The maximum atomic E-state index is 12.5. The predicted molar refractivity (Wildman–Crippen MR) is 89.1 cm³/mol. The van der Waals surface area contributed by atoms with Gasteiger partial charge in [-0.2, -0.15) is 13.2 Å². The van der Waals surface area contributed by atoms with Gasteiger partial charge < -0.3 is 5.32 Å². The maximum Gasteiger partial charge on any atom is 0.416 e. The van der Waals surface area contributed by atoms with Crippen molar-refractivity contribution in [1.29, 1.82) is 0 Å². The van der Waals surface area contributed by atoms with Crippen molar-refractivity contribution in [1.82, 2.24) is 19.6 Å². The van der Waals surface area contributed by atoms with Gasteiger partial charge in [0, 0.05) is 17.4 Å². The van der Waals surface area contributed by atoms with Crippen molar-refractivity contribution in [2.24, 2.45) is 0 Å². The van der Waals surface area contributed by atoms with Gasteiger partial charge in [0.15, 0.2) is 5.16 Å². The molecule has 2 N–H and O–H groups in total. The highest BCUT2D eigenvalue weighted by molar-refractivity contribution is 7.99. The number of carbonyl (C=O) groups excluding carboxylic acids is 1. The molecule has 7 nitrogen and oxygen atoms in total. The second kappa shape index (κ2) is 6.83. The number of carbonyl (C=O) groups is 1. The predicted octanol–water partition coefficient (Wildman–Crippen LogP) is 2.48. The Morgan fingerprint density at radius 2 is 1.96 bits per heavy atom. The third kappa shape index (κ3) is 3.87. The average molecular weight is 383 g/mol. The second-order valence-electron chi connectivity index (χ2n) is 5.33. The first-order valence-corrected chi connectivity index (χ1v) is 8.27. The monoisotopic (exact) mass is 383 g/mol. The zero-order valence-electron chi connectivity index (χ0n) is 13.3. The van der Waals surface area contributed by atoms with E-state index in [9.17, 15) is 22.8 Å². The minimum atomic E-state index is -4.42. The van der Waals surface area contributed by atoms with Crippen LogP contribution in [-0.2, 0) is 11.0 Å². The highest BCUT2D eigenvalue weighted by Gasteiger charge is 2.30. The van der Waals surface area contributed by atoms with Crippen LogP contribution in [0.4, 0.5) is 18.9 Å². The SMILES string of the molecule is Cc1cc(=O)[nH]c2nnc(SCC(=O)Nc3ccc(C(F)(F)F)cc3)n12. The van der Waals surface area contributed by atoms with Gasteiger partial charge >= 0.3 is 6.18 Å². The summed E-state index contributed by atoms with van der Waals surface area (Å²) in [7, 11) is 0. The molecule has 0 unspecified atom stereocenters. The average Bonchev–Trinajstić information content (AvgIpc) is 2.95. The topological polar surface area (TPSA) is 92.2 Å². The Bertz CT molecular complexity index is 1010. The third-order valence-electron chi connectivity index (χ3n) is 3.39. The van der Waals surface area contributed by atoms with E-state index in [4.69, 9.17) is 0 Å². The van der Waals surface area contributed by atoms with Gasteiger partial charge in [-0.05, 0) is 31.2 Å². The fourth-order valence-corrected chi connectivity index (χ4v) is 3.02. The van der Waals surface area contributed by atoms with Gasteiger partial charge in [-0.3, -0.25) is 19.0 Å². The van der Waals surface area contributed by atoms with E-state index < -0.39 is 17.6 Å². The number of halogens is 3. The normalized spacial score (nSPS) is 11.7. The molecule has 0 aliphatic carbocycles. The fourth-order valence-electron chi connectivity index (χ4n) is 2.23. The maximum absolute atomic E-state index is 12.5. The van der Waals surface area contributed by atoms with Crippen molar-refractivity contribution in [3.63, 3.8) is 0 Å². The number of aromatic amines is 1. The van der Waals surface area contributed by atoms with Crippen LogP contribution < -0.4 is 10.9 Å². The largest absolute Gasteiger partial charge is 0.416 e. The van der Waals surface area contributed by atoms with Crippen molar-refractivity contribution >= 4 is 29.1 Å². The first kappa shape index (κ1) is 18.0. The van der Waals surface area contributed by atoms with Gasteiger partial charge in [0.05, 0.1) is 11.3 Å². The molecule has 136 valence electrons. The Morgan fingerprint density at radius 3 is 2.62 bits per heavy atom. The number of hydrogen-bond donors (Lipinski definition) is 2. The van der Waals surface area contributed by atoms with E-state index in [2.05, 4.69) is 20.5 Å². The molecular weight excluding hydrogens is 371 g/mol. The molecule has 2 aromatic heterocycles. The highest BCUT2D eigenvalue weighted by atomic mass is 32.2. The van der Waals surface area contributed by atoms with Gasteiger partial charge in [-0.25, -0.2) is 0 Å². The molecule has 0 aliphatic heterocycles. The number of fused-ring (bicyclic) bond motifs is 1. The smallest absolute Gasteiger partial charge is 0.325 e. The highest BCUT2D eigenvalue weighted by Crippen LogP contribution is 2.29. The molecule has 0 radical (unpaired) electrons. The summed E-state index contributed by atoms with van der Waals surface area (Å²) in [6, 6.07) is 5.55. The Hall–Kier alpha value is -2.82. The Morgan fingerprint density at radius 1 is 1.27 bits per heavy atom. The summed E-state index contributed by atoms with van der Waals surface area (Å²) in [5.74, 6) is -0.172. The number of nitrogens with zero attached hydrogens (tertiary/aromatic N) is 3. The number of hydrogen-bond acceptors (Lipinski definition) is 5. The number of rotatable bonds is 4. The molecule has 3 aromatic rings. The van der Waals surface area contributed by atoms with Gasteiger partial charge in [0.2, 0.25) is 11.7 Å². The molecule has 1 aromatic carbocycles. The molecule has 0 aliphatic rings. The standard InChI is InChI=1S/C15H12F3N5O2S/c1-8-6-11(24)20-13-21-22-14(23(8)13)26-7-12(25)19-10-4-2-9(3-5-10)15(16,17)18/h2-6H,7H2,1H3,(H,19,25)(H,20,21,24). The van der Waals surface area contributed by atoms with E-state index in [1.165, 1.54) is 18.2 Å². The van der Waals surface area contributed by atoms with Crippen LogP contribution in [0.5, 0.6) is 0 Å². The number of H-pyrrole nitrogens is 1. The number of alkyl halides is 3. The Kier molecular flexibility index (Phi) is 4.72. The van der Waals surface area contributed by atoms with Crippen LogP contribution in [-0.4, -0.2) is 31.2 Å². The number of thioether (sulfide) groups is 1. The molecule has 3 rings (SSSR count). The van der Waals surface area contributed by atoms with Crippen molar-refractivity contribution in [3.8, 4) is 0 Å². The van der Waals surface area contributed by atoms with E-state index in [0.29, 0.717) is 10.9 Å². The number of benzene rings is 1. The molecule has 0 atom stereocenters. The molecule has 26 heavy (non-hydrogen) atoms. The third-order valence-corrected chi connectivity index (χ3v) is 4.32. The van der Waals surface area contributed by atoms with Crippen molar-refractivity contribution < 1.29 is 18.0 Å². The van der Waals surface area contributed by atoms with E-state index in [1.54, 1.807) is 11.3 Å². The van der Waals surface area contributed by atoms with E-state index in [-0.39, 0.29) is 22.8 Å². The second-order valence-corrected chi connectivity index (χ2v) is 6.27. The lowest BCUT2D eigenvalue weighted by Crippen LogP contribution is -2.15. The number of amides is 1.